The van der Waals surface area contributed by atoms with Crippen LogP contribution in [-0.4, -0.2) is 17.9 Å². The number of phenolic OH excluding ortho intramolecular Hbond substituents is 1. The van der Waals surface area contributed by atoms with Gasteiger partial charge in [0.05, 0.1) is 6.26 Å². The second-order valence-corrected chi connectivity index (χ2v) is 4.48. The number of aliphatic imine (C=N–C) groups is 1. The van der Waals surface area contributed by atoms with Crippen LogP contribution in [0.5, 0.6) is 5.75 Å². The number of benzene rings is 1. The van der Waals surface area contributed by atoms with Gasteiger partial charge in [-0.05, 0) is 30.3 Å². The Morgan fingerprint density at radius 2 is 2.24 bits per heavy atom. The fraction of sp³-hybridized carbons (Fsp3) is 0.154. The van der Waals surface area contributed by atoms with E-state index in [-0.39, 0.29) is 5.75 Å². The van der Waals surface area contributed by atoms with Gasteiger partial charge in [0.25, 0.3) is 0 Å². The van der Waals surface area contributed by atoms with Crippen molar-refractivity contribution in [1.82, 2.24) is 0 Å². The van der Waals surface area contributed by atoms with Crippen molar-refractivity contribution in [2.75, 3.05) is 6.54 Å². The van der Waals surface area contributed by atoms with Gasteiger partial charge in [0.15, 0.2) is 0 Å². The summed E-state index contributed by atoms with van der Waals surface area (Å²) >= 11 is 3.35. The van der Waals surface area contributed by atoms with Crippen LogP contribution in [0.1, 0.15) is 11.3 Å². The lowest BCUT2D eigenvalue weighted by atomic mass is 10.2. The molecule has 0 aliphatic heterocycles. The molecule has 0 aliphatic carbocycles. The Kier molecular flexibility index (Phi) is 3.98. The summed E-state index contributed by atoms with van der Waals surface area (Å²) in [6.45, 7) is 0.638. The van der Waals surface area contributed by atoms with E-state index >= 15 is 0 Å². The number of hydrogen-bond donors (Lipinski definition) is 1. The molecular weight excluding hydrogens is 282 g/mol. The van der Waals surface area contributed by atoms with Crippen LogP contribution >= 0.6 is 15.9 Å². The summed E-state index contributed by atoms with van der Waals surface area (Å²) in [6, 6.07) is 9.03. The normalized spacial score (nSPS) is 11.1. The second-order valence-electron chi connectivity index (χ2n) is 3.57. The quantitative estimate of drug-likeness (QED) is 0.878. The van der Waals surface area contributed by atoms with E-state index in [4.69, 9.17) is 4.42 Å². The summed E-state index contributed by atoms with van der Waals surface area (Å²) in [5.41, 5.74) is 0.707. The molecule has 4 heteroatoms. The maximum Gasteiger partial charge on any atom is 0.124 e. The summed E-state index contributed by atoms with van der Waals surface area (Å²) in [4.78, 5) is 4.25. The fourth-order valence-electron chi connectivity index (χ4n) is 1.42. The molecule has 2 aromatic rings. The third-order valence-corrected chi connectivity index (χ3v) is 2.78. The van der Waals surface area contributed by atoms with E-state index in [1.165, 1.54) is 0 Å². The van der Waals surface area contributed by atoms with E-state index < -0.39 is 0 Å². The van der Waals surface area contributed by atoms with Crippen molar-refractivity contribution in [3.63, 3.8) is 0 Å². The number of halogens is 1. The third-order valence-electron chi connectivity index (χ3n) is 2.29. The Bertz CT molecular complexity index is 506. The van der Waals surface area contributed by atoms with Gasteiger partial charge in [-0.15, -0.1) is 0 Å². The largest absolute Gasteiger partial charge is 0.507 e. The van der Waals surface area contributed by atoms with Gasteiger partial charge in [0.2, 0.25) is 0 Å². The Balaban J connectivity index is 1.94. The van der Waals surface area contributed by atoms with Gasteiger partial charge in [0, 0.05) is 29.2 Å². The van der Waals surface area contributed by atoms with Gasteiger partial charge in [-0.3, -0.25) is 4.99 Å². The molecule has 1 aromatic carbocycles. The predicted molar refractivity (Wildman–Crippen MR) is 70.7 cm³/mol. The van der Waals surface area contributed by atoms with E-state index in [2.05, 4.69) is 20.9 Å². The molecule has 2 rings (SSSR count). The van der Waals surface area contributed by atoms with Crippen molar-refractivity contribution in [1.29, 1.82) is 0 Å². The van der Waals surface area contributed by atoms with Crippen molar-refractivity contribution in [2.24, 2.45) is 4.99 Å². The lowest BCUT2D eigenvalue weighted by Gasteiger charge is -1.99. The molecule has 3 nitrogen and oxygen atoms in total. The minimum Gasteiger partial charge on any atom is -0.507 e. The molecule has 0 saturated carbocycles. The molecule has 0 aliphatic rings. The summed E-state index contributed by atoms with van der Waals surface area (Å²) in [7, 11) is 0. The zero-order valence-corrected chi connectivity index (χ0v) is 10.7. The highest BCUT2D eigenvalue weighted by molar-refractivity contribution is 9.10. The first-order valence-corrected chi connectivity index (χ1v) is 6.06. The number of phenols is 1. The number of furan rings is 1. The summed E-state index contributed by atoms with van der Waals surface area (Å²) < 4.78 is 6.12. The fourth-order valence-corrected chi connectivity index (χ4v) is 1.80. The molecule has 88 valence electrons. The van der Waals surface area contributed by atoms with Crippen molar-refractivity contribution in [2.45, 2.75) is 6.42 Å². The molecule has 0 fully saturated rings. The smallest absolute Gasteiger partial charge is 0.124 e. The molecule has 1 heterocycles. The van der Waals surface area contributed by atoms with Crippen molar-refractivity contribution >= 4 is 22.1 Å². The van der Waals surface area contributed by atoms with Crippen LogP contribution in [0.15, 0.2) is 50.5 Å². The highest BCUT2D eigenvalue weighted by atomic mass is 79.9. The topological polar surface area (TPSA) is 45.7 Å². The van der Waals surface area contributed by atoms with Crippen molar-refractivity contribution in [3.05, 3.63) is 52.4 Å². The molecule has 1 N–H and O–H groups in total. The lowest BCUT2D eigenvalue weighted by molar-refractivity contribution is 0.474. The van der Waals surface area contributed by atoms with E-state index in [1.807, 2.05) is 18.2 Å². The van der Waals surface area contributed by atoms with Gasteiger partial charge in [-0.2, -0.15) is 0 Å². The second kappa shape index (κ2) is 5.68. The molecule has 0 bridgehead atoms. The molecule has 0 unspecified atom stereocenters. The Morgan fingerprint density at radius 3 is 3.00 bits per heavy atom. The summed E-state index contributed by atoms with van der Waals surface area (Å²) in [6.07, 6.45) is 4.08. The van der Waals surface area contributed by atoms with Crippen LogP contribution in [0, 0.1) is 0 Å². The van der Waals surface area contributed by atoms with E-state index in [0.717, 1.165) is 16.7 Å². The number of hydrogen-bond acceptors (Lipinski definition) is 3. The zero-order chi connectivity index (χ0) is 12.1. The molecule has 0 atom stereocenters. The maximum absolute atomic E-state index is 9.59. The molecule has 0 saturated heterocycles. The van der Waals surface area contributed by atoms with E-state index in [0.29, 0.717) is 12.1 Å². The minimum atomic E-state index is 0.231. The van der Waals surface area contributed by atoms with Crippen LogP contribution in [0.3, 0.4) is 0 Å². The average Bonchev–Trinajstić information content (AvgIpc) is 2.82. The Hall–Kier alpha value is -1.55. The molecule has 0 amide bonds. The van der Waals surface area contributed by atoms with Gasteiger partial charge in [-0.1, -0.05) is 15.9 Å². The average molecular weight is 294 g/mol. The minimum absolute atomic E-state index is 0.231. The number of aromatic hydroxyl groups is 1. The molecule has 0 radical (unpaired) electrons. The van der Waals surface area contributed by atoms with Gasteiger partial charge in [0.1, 0.15) is 11.5 Å². The van der Waals surface area contributed by atoms with Crippen LogP contribution in [0.25, 0.3) is 0 Å². The maximum atomic E-state index is 9.59. The first-order chi connectivity index (χ1) is 8.25. The first kappa shape index (κ1) is 11.9. The van der Waals surface area contributed by atoms with E-state index in [1.54, 1.807) is 24.6 Å². The molecule has 1 aromatic heterocycles. The van der Waals surface area contributed by atoms with Gasteiger partial charge in [-0.25, -0.2) is 0 Å². The van der Waals surface area contributed by atoms with Crippen LogP contribution < -0.4 is 0 Å². The zero-order valence-electron chi connectivity index (χ0n) is 9.14. The van der Waals surface area contributed by atoms with E-state index in [9.17, 15) is 5.11 Å². The Morgan fingerprint density at radius 1 is 1.35 bits per heavy atom. The van der Waals surface area contributed by atoms with Crippen LogP contribution in [0.2, 0.25) is 0 Å². The first-order valence-electron chi connectivity index (χ1n) is 5.26. The summed E-state index contributed by atoms with van der Waals surface area (Å²) in [5.74, 6) is 1.15. The molecule has 0 spiro atoms. The van der Waals surface area contributed by atoms with Crippen molar-refractivity contribution < 1.29 is 9.52 Å². The van der Waals surface area contributed by atoms with Crippen LogP contribution in [-0.2, 0) is 6.42 Å². The Labute approximate surface area is 108 Å². The molecule has 17 heavy (non-hydrogen) atoms. The SMILES string of the molecule is Oc1ccc(Br)cc1C=NCCc1ccco1. The standard InChI is InChI=1S/C13H12BrNO2/c14-11-3-4-13(16)10(8-11)9-15-6-5-12-2-1-7-17-12/h1-4,7-9,16H,5-6H2. The highest BCUT2D eigenvalue weighted by Crippen LogP contribution is 2.20. The number of nitrogens with zero attached hydrogens (tertiary/aromatic N) is 1. The predicted octanol–water partition coefficient (Wildman–Crippen LogP) is 3.41. The van der Waals surface area contributed by atoms with Gasteiger partial charge < -0.3 is 9.52 Å². The number of rotatable bonds is 4. The van der Waals surface area contributed by atoms with Crippen LogP contribution in [0.4, 0.5) is 0 Å². The van der Waals surface area contributed by atoms with Crippen molar-refractivity contribution in [3.8, 4) is 5.75 Å². The summed E-state index contributed by atoms with van der Waals surface area (Å²) in [5, 5.41) is 9.59. The highest BCUT2D eigenvalue weighted by Gasteiger charge is 1.98. The third kappa shape index (κ3) is 3.46. The van der Waals surface area contributed by atoms with Gasteiger partial charge >= 0.3 is 0 Å². The lowest BCUT2D eigenvalue weighted by Crippen LogP contribution is -1.89. The molecular formula is C13H12BrNO2. The monoisotopic (exact) mass is 293 g/mol.